The first kappa shape index (κ1) is 14.4. The summed E-state index contributed by atoms with van der Waals surface area (Å²) >= 11 is 0. The predicted molar refractivity (Wildman–Crippen MR) is 70.1 cm³/mol. The molecule has 1 aromatic carbocycles. The molecule has 0 bridgehead atoms. The monoisotopic (exact) mass is 271 g/mol. The zero-order valence-electron chi connectivity index (χ0n) is 11.2. The van der Waals surface area contributed by atoms with Crippen LogP contribution in [0.4, 0.5) is 13.2 Å². The Morgan fingerprint density at radius 1 is 1.21 bits per heavy atom. The summed E-state index contributed by atoms with van der Waals surface area (Å²) < 4.78 is 38.4. The second kappa shape index (κ2) is 5.53. The van der Waals surface area contributed by atoms with Gasteiger partial charge in [-0.25, -0.2) is 0 Å². The third-order valence-corrected chi connectivity index (χ3v) is 4.08. The van der Waals surface area contributed by atoms with Crippen molar-refractivity contribution >= 4 is 0 Å². The SMILES string of the molecule is CCNCC1(c2cccc(C(F)(F)F)c2)CCCC1. The molecule has 0 radical (unpaired) electrons. The fourth-order valence-corrected chi connectivity index (χ4v) is 3.01. The topological polar surface area (TPSA) is 12.0 Å². The Bertz CT molecular complexity index is 420. The van der Waals surface area contributed by atoms with Gasteiger partial charge in [-0.2, -0.15) is 13.2 Å². The molecule has 19 heavy (non-hydrogen) atoms. The molecule has 1 saturated carbocycles. The summed E-state index contributed by atoms with van der Waals surface area (Å²) in [5.41, 5.74) is 0.186. The van der Waals surface area contributed by atoms with Gasteiger partial charge in [-0.3, -0.25) is 0 Å². The maximum Gasteiger partial charge on any atom is 0.416 e. The highest BCUT2D eigenvalue weighted by atomic mass is 19.4. The highest BCUT2D eigenvalue weighted by molar-refractivity contribution is 5.33. The molecule has 4 heteroatoms. The lowest BCUT2D eigenvalue weighted by Crippen LogP contribution is -2.36. The Morgan fingerprint density at radius 2 is 1.89 bits per heavy atom. The number of rotatable bonds is 4. The summed E-state index contributed by atoms with van der Waals surface area (Å²) in [5.74, 6) is 0. The molecular formula is C15H20F3N. The standard InChI is InChI=1S/C15H20F3N/c1-2-19-11-14(8-3-4-9-14)12-6-5-7-13(10-12)15(16,17)18/h5-7,10,19H,2-4,8-9,11H2,1H3. The number of benzene rings is 1. The summed E-state index contributed by atoms with van der Waals surface area (Å²) in [6, 6.07) is 5.87. The van der Waals surface area contributed by atoms with Gasteiger partial charge in [0.25, 0.3) is 0 Å². The van der Waals surface area contributed by atoms with Crippen molar-refractivity contribution in [1.29, 1.82) is 0 Å². The van der Waals surface area contributed by atoms with Crippen LogP contribution in [0.15, 0.2) is 24.3 Å². The van der Waals surface area contributed by atoms with Crippen LogP contribution in [0.2, 0.25) is 0 Å². The van der Waals surface area contributed by atoms with Crippen molar-refractivity contribution in [3.8, 4) is 0 Å². The first-order valence-electron chi connectivity index (χ1n) is 6.86. The molecule has 0 saturated heterocycles. The fourth-order valence-electron chi connectivity index (χ4n) is 3.01. The molecule has 2 rings (SSSR count). The van der Waals surface area contributed by atoms with E-state index in [4.69, 9.17) is 0 Å². The molecular weight excluding hydrogens is 251 g/mol. The molecule has 0 aliphatic heterocycles. The maximum atomic E-state index is 12.8. The van der Waals surface area contributed by atoms with Crippen LogP contribution >= 0.6 is 0 Å². The lowest BCUT2D eigenvalue weighted by molar-refractivity contribution is -0.137. The lowest BCUT2D eigenvalue weighted by atomic mass is 9.78. The van der Waals surface area contributed by atoms with E-state index in [1.807, 2.05) is 13.0 Å². The van der Waals surface area contributed by atoms with Crippen molar-refractivity contribution < 1.29 is 13.2 Å². The van der Waals surface area contributed by atoms with Gasteiger partial charge in [0, 0.05) is 12.0 Å². The Labute approximate surface area is 112 Å². The van der Waals surface area contributed by atoms with Gasteiger partial charge in [-0.1, -0.05) is 38.0 Å². The number of likely N-dealkylation sites (N-methyl/N-ethyl adjacent to an activating group) is 1. The van der Waals surface area contributed by atoms with Crippen molar-refractivity contribution in [2.45, 2.75) is 44.2 Å². The molecule has 1 fully saturated rings. The number of hydrogen-bond acceptors (Lipinski definition) is 1. The van der Waals surface area contributed by atoms with Crippen LogP contribution in [0, 0.1) is 0 Å². The summed E-state index contributed by atoms with van der Waals surface area (Å²) in [7, 11) is 0. The average molecular weight is 271 g/mol. The molecule has 1 N–H and O–H groups in total. The molecule has 1 aromatic rings. The van der Waals surface area contributed by atoms with Crippen LogP contribution in [0.3, 0.4) is 0 Å². The van der Waals surface area contributed by atoms with Crippen LogP contribution in [-0.2, 0) is 11.6 Å². The van der Waals surface area contributed by atoms with Crippen LogP contribution in [0.25, 0.3) is 0 Å². The first-order valence-corrected chi connectivity index (χ1v) is 6.86. The third kappa shape index (κ3) is 3.11. The van der Waals surface area contributed by atoms with E-state index in [1.54, 1.807) is 0 Å². The first-order chi connectivity index (χ1) is 8.98. The van der Waals surface area contributed by atoms with E-state index in [0.29, 0.717) is 0 Å². The van der Waals surface area contributed by atoms with E-state index in [-0.39, 0.29) is 5.41 Å². The number of nitrogens with one attached hydrogen (secondary N) is 1. The molecule has 0 spiro atoms. The van der Waals surface area contributed by atoms with Gasteiger partial charge in [0.1, 0.15) is 0 Å². The molecule has 0 aromatic heterocycles. The Balaban J connectivity index is 2.32. The Morgan fingerprint density at radius 3 is 2.47 bits per heavy atom. The molecule has 1 nitrogen and oxygen atoms in total. The van der Waals surface area contributed by atoms with Gasteiger partial charge in [0.05, 0.1) is 5.56 Å². The van der Waals surface area contributed by atoms with Crippen LogP contribution in [0.1, 0.15) is 43.7 Å². The summed E-state index contributed by atoms with van der Waals surface area (Å²) in [6.45, 7) is 3.64. The summed E-state index contributed by atoms with van der Waals surface area (Å²) in [6.07, 6.45) is -0.111. The lowest BCUT2D eigenvalue weighted by Gasteiger charge is -2.30. The highest BCUT2D eigenvalue weighted by Gasteiger charge is 2.37. The van der Waals surface area contributed by atoms with Crippen LogP contribution in [-0.4, -0.2) is 13.1 Å². The van der Waals surface area contributed by atoms with E-state index in [0.717, 1.165) is 50.4 Å². The minimum Gasteiger partial charge on any atom is -0.316 e. The van der Waals surface area contributed by atoms with Crippen molar-refractivity contribution in [3.63, 3.8) is 0 Å². The van der Waals surface area contributed by atoms with E-state index < -0.39 is 11.7 Å². The molecule has 0 amide bonds. The number of alkyl halides is 3. The minimum atomic E-state index is -4.26. The molecule has 0 unspecified atom stereocenters. The van der Waals surface area contributed by atoms with Gasteiger partial charge in [0.15, 0.2) is 0 Å². The molecule has 0 atom stereocenters. The number of hydrogen-bond donors (Lipinski definition) is 1. The van der Waals surface area contributed by atoms with Crippen LogP contribution in [0.5, 0.6) is 0 Å². The Hall–Kier alpha value is -1.03. The van der Waals surface area contributed by atoms with Gasteiger partial charge >= 0.3 is 6.18 Å². The van der Waals surface area contributed by atoms with Gasteiger partial charge < -0.3 is 5.32 Å². The predicted octanol–water partition coefficient (Wildman–Crippen LogP) is 4.13. The van der Waals surface area contributed by atoms with E-state index in [9.17, 15) is 13.2 Å². The molecule has 1 aliphatic rings. The van der Waals surface area contributed by atoms with E-state index in [2.05, 4.69) is 5.32 Å². The third-order valence-electron chi connectivity index (χ3n) is 4.08. The zero-order valence-corrected chi connectivity index (χ0v) is 11.2. The van der Waals surface area contributed by atoms with E-state index >= 15 is 0 Å². The molecule has 106 valence electrons. The largest absolute Gasteiger partial charge is 0.416 e. The fraction of sp³-hybridized carbons (Fsp3) is 0.600. The van der Waals surface area contributed by atoms with E-state index in [1.165, 1.54) is 12.1 Å². The van der Waals surface area contributed by atoms with Crippen molar-refractivity contribution in [2.75, 3.05) is 13.1 Å². The maximum absolute atomic E-state index is 12.8. The van der Waals surface area contributed by atoms with Gasteiger partial charge in [-0.05, 0) is 31.0 Å². The quantitative estimate of drug-likeness (QED) is 0.868. The molecule has 1 aliphatic carbocycles. The summed E-state index contributed by atoms with van der Waals surface area (Å²) in [5, 5.41) is 3.31. The summed E-state index contributed by atoms with van der Waals surface area (Å²) in [4.78, 5) is 0. The second-order valence-corrected chi connectivity index (χ2v) is 5.35. The smallest absolute Gasteiger partial charge is 0.316 e. The zero-order chi connectivity index (χ0) is 13.9. The van der Waals surface area contributed by atoms with Crippen molar-refractivity contribution in [2.24, 2.45) is 0 Å². The van der Waals surface area contributed by atoms with Crippen LogP contribution < -0.4 is 5.32 Å². The van der Waals surface area contributed by atoms with Crippen molar-refractivity contribution in [3.05, 3.63) is 35.4 Å². The number of halogens is 3. The van der Waals surface area contributed by atoms with Crippen molar-refractivity contribution in [1.82, 2.24) is 5.32 Å². The van der Waals surface area contributed by atoms with Gasteiger partial charge in [0.2, 0.25) is 0 Å². The normalized spacial score (nSPS) is 18.7. The highest BCUT2D eigenvalue weighted by Crippen LogP contribution is 2.42. The molecule has 0 heterocycles. The second-order valence-electron chi connectivity index (χ2n) is 5.35. The Kier molecular flexibility index (Phi) is 4.19. The van der Waals surface area contributed by atoms with Gasteiger partial charge in [-0.15, -0.1) is 0 Å². The average Bonchev–Trinajstić information content (AvgIpc) is 2.85. The minimum absolute atomic E-state index is 0.114.